The first-order valence-electron chi connectivity index (χ1n) is 5.88. The fourth-order valence-electron chi connectivity index (χ4n) is 1.44. The molecule has 102 valence electrons. The number of amides is 1. The molecule has 0 fully saturated rings. The van der Waals surface area contributed by atoms with Gasteiger partial charge in [0.05, 0.1) is 11.4 Å². The van der Waals surface area contributed by atoms with E-state index < -0.39 is 5.91 Å². The summed E-state index contributed by atoms with van der Waals surface area (Å²) in [5.74, 6) is -0.305. The summed E-state index contributed by atoms with van der Waals surface area (Å²) < 4.78 is 0. The first kappa shape index (κ1) is 15.8. The molecule has 0 saturated heterocycles. The Kier molecular flexibility index (Phi) is 6.67. The third-order valence-electron chi connectivity index (χ3n) is 2.34. The molecule has 1 aromatic rings. The van der Waals surface area contributed by atoms with E-state index in [1.165, 1.54) is 23.5 Å². The number of nitriles is 1. The molecule has 1 aromatic heterocycles. The summed E-state index contributed by atoms with van der Waals surface area (Å²) in [6.07, 6.45) is 4.64. The second-order valence-corrected chi connectivity index (χ2v) is 5.54. The highest BCUT2D eigenvalue weighted by atomic mass is 32.2. The van der Waals surface area contributed by atoms with Gasteiger partial charge in [0.2, 0.25) is 5.91 Å². The van der Waals surface area contributed by atoms with Crippen LogP contribution < -0.4 is 5.73 Å². The summed E-state index contributed by atoms with van der Waals surface area (Å²) in [6.45, 7) is 2.09. The Balaban J connectivity index is 3.11. The number of carbonyl (C=O) groups is 1. The highest BCUT2D eigenvalue weighted by molar-refractivity contribution is 8.00. The van der Waals surface area contributed by atoms with E-state index in [0.29, 0.717) is 15.7 Å². The van der Waals surface area contributed by atoms with E-state index in [1.807, 2.05) is 6.26 Å². The van der Waals surface area contributed by atoms with Crippen molar-refractivity contribution in [3.8, 4) is 6.07 Å². The fourth-order valence-corrected chi connectivity index (χ4v) is 2.61. The van der Waals surface area contributed by atoms with Crippen molar-refractivity contribution in [3.05, 3.63) is 11.3 Å². The Hall–Kier alpha value is -1.26. The standard InChI is InChI=1S/C12H16N4OS2/c1-3-4-5-9-8(6-13)11(19-7-10(14)17)16-12(15-9)18-2/h3-5,7H2,1-2H3,(H2,14,17). The topological polar surface area (TPSA) is 92.7 Å². The van der Waals surface area contributed by atoms with E-state index in [4.69, 9.17) is 5.73 Å². The van der Waals surface area contributed by atoms with Crippen molar-refractivity contribution in [2.24, 2.45) is 5.73 Å². The van der Waals surface area contributed by atoms with Gasteiger partial charge in [-0.3, -0.25) is 4.79 Å². The number of aromatic nitrogens is 2. The number of hydrogen-bond acceptors (Lipinski definition) is 6. The van der Waals surface area contributed by atoms with Crippen molar-refractivity contribution in [1.29, 1.82) is 5.26 Å². The molecule has 1 heterocycles. The maximum absolute atomic E-state index is 10.9. The summed E-state index contributed by atoms with van der Waals surface area (Å²) in [6, 6.07) is 2.14. The molecule has 0 spiro atoms. The largest absolute Gasteiger partial charge is 0.369 e. The zero-order valence-corrected chi connectivity index (χ0v) is 12.6. The van der Waals surface area contributed by atoms with Crippen LogP contribution in [0.25, 0.3) is 0 Å². The smallest absolute Gasteiger partial charge is 0.227 e. The molecule has 0 bridgehead atoms. The Morgan fingerprint density at radius 1 is 1.47 bits per heavy atom. The lowest BCUT2D eigenvalue weighted by atomic mass is 10.1. The van der Waals surface area contributed by atoms with Crippen molar-refractivity contribution >= 4 is 29.4 Å². The van der Waals surface area contributed by atoms with Crippen LogP contribution in [-0.2, 0) is 11.2 Å². The van der Waals surface area contributed by atoms with Crippen LogP contribution in [0.1, 0.15) is 31.0 Å². The number of nitrogens with zero attached hydrogens (tertiary/aromatic N) is 3. The highest BCUT2D eigenvalue weighted by Gasteiger charge is 2.15. The average molecular weight is 296 g/mol. The quantitative estimate of drug-likeness (QED) is 0.470. The minimum Gasteiger partial charge on any atom is -0.369 e. The summed E-state index contributed by atoms with van der Waals surface area (Å²) in [7, 11) is 0. The lowest BCUT2D eigenvalue weighted by Crippen LogP contribution is -2.14. The number of thioether (sulfide) groups is 2. The maximum atomic E-state index is 10.9. The second kappa shape index (κ2) is 8.02. The van der Waals surface area contributed by atoms with Crippen LogP contribution in [0.4, 0.5) is 0 Å². The van der Waals surface area contributed by atoms with Gasteiger partial charge < -0.3 is 5.73 Å². The zero-order valence-electron chi connectivity index (χ0n) is 11.0. The van der Waals surface area contributed by atoms with Crippen LogP contribution in [0.15, 0.2) is 10.2 Å². The fraction of sp³-hybridized carbons (Fsp3) is 0.500. The van der Waals surface area contributed by atoms with Gasteiger partial charge in [0.25, 0.3) is 0 Å². The molecule has 1 rings (SSSR count). The minimum atomic E-state index is -0.423. The van der Waals surface area contributed by atoms with E-state index >= 15 is 0 Å². The Bertz CT molecular complexity index is 499. The van der Waals surface area contributed by atoms with Crippen LogP contribution in [0.5, 0.6) is 0 Å². The van der Waals surface area contributed by atoms with Gasteiger partial charge in [-0.2, -0.15) is 5.26 Å². The Labute approximate surface area is 121 Å². The first-order valence-corrected chi connectivity index (χ1v) is 8.09. The predicted octanol–water partition coefficient (Wildman–Crippen LogP) is 1.99. The molecule has 0 aromatic carbocycles. The summed E-state index contributed by atoms with van der Waals surface area (Å²) >= 11 is 2.62. The zero-order chi connectivity index (χ0) is 14.3. The number of nitrogens with two attached hydrogens (primary N) is 1. The van der Waals surface area contributed by atoms with E-state index in [1.54, 1.807) is 0 Å². The lowest BCUT2D eigenvalue weighted by Gasteiger charge is -2.08. The molecular formula is C12H16N4OS2. The van der Waals surface area contributed by atoms with Crippen LogP contribution >= 0.6 is 23.5 Å². The Morgan fingerprint density at radius 2 is 2.21 bits per heavy atom. The van der Waals surface area contributed by atoms with Crippen LogP contribution in [0.3, 0.4) is 0 Å². The predicted molar refractivity (Wildman–Crippen MR) is 77.1 cm³/mol. The highest BCUT2D eigenvalue weighted by Crippen LogP contribution is 2.25. The van der Waals surface area contributed by atoms with Crippen molar-refractivity contribution in [3.63, 3.8) is 0 Å². The van der Waals surface area contributed by atoms with Crippen molar-refractivity contribution in [2.75, 3.05) is 12.0 Å². The van der Waals surface area contributed by atoms with Gasteiger partial charge in [-0.05, 0) is 19.1 Å². The van der Waals surface area contributed by atoms with Gasteiger partial charge in [0.1, 0.15) is 16.7 Å². The molecule has 2 N–H and O–H groups in total. The van der Waals surface area contributed by atoms with Gasteiger partial charge in [-0.25, -0.2) is 9.97 Å². The molecule has 0 aliphatic carbocycles. The molecular weight excluding hydrogens is 280 g/mol. The Morgan fingerprint density at radius 3 is 2.74 bits per heavy atom. The number of carbonyl (C=O) groups excluding carboxylic acids is 1. The van der Waals surface area contributed by atoms with Crippen LogP contribution in [-0.4, -0.2) is 27.9 Å². The van der Waals surface area contributed by atoms with Gasteiger partial charge in [0.15, 0.2) is 5.16 Å². The molecule has 7 heteroatoms. The average Bonchev–Trinajstić information content (AvgIpc) is 2.41. The van der Waals surface area contributed by atoms with Gasteiger partial charge in [-0.1, -0.05) is 36.9 Å². The summed E-state index contributed by atoms with van der Waals surface area (Å²) in [5.41, 5.74) is 6.36. The number of primary amides is 1. The van der Waals surface area contributed by atoms with E-state index in [0.717, 1.165) is 25.0 Å². The molecule has 0 radical (unpaired) electrons. The minimum absolute atomic E-state index is 0.118. The molecule has 0 unspecified atom stereocenters. The van der Waals surface area contributed by atoms with Gasteiger partial charge in [0, 0.05) is 0 Å². The van der Waals surface area contributed by atoms with Crippen molar-refractivity contribution < 1.29 is 4.79 Å². The number of unbranched alkanes of at least 4 members (excludes halogenated alkanes) is 1. The third-order valence-corrected chi connectivity index (χ3v) is 3.89. The van der Waals surface area contributed by atoms with Crippen molar-refractivity contribution in [1.82, 2.24) is 9.97 Å². The SMILES string of the molecule is CCCCc1nc(SC)nc(SCC(N)=O)c1C#N. The normalized spacial score (nSPS) is 10.2. The lowest BCUT2D eigenvalue weighted by molar-refractivity contribution is -0.115. The van der Waals surface area contributed by atoms with E-state index in [2.05, 4.69) is 23.0 Å². The van der Waals surface area contributed by atoms with E-state index in [9.17, 15) is 10.1 Å². The molecule has 19 heavy (non-hydrogen) atoms. The van der Waals surface area contributed by atoms with Crippen LogP contribution in [0.2, 0.25) is 0 Å². The maximum Gasteiger partial charge on any atom is 0.227 e. The van der Waals surface area contributed by atoms with Gasteiger partial charge in [-0.15, -0.1) is 0 Å². The van der Waals surface area contributed by atoms with Crippen LogP contribution in [0, 0.1) is 11.3 Å². The summed E-state index contributed by atoms with van der Waals surface area (Å²) in [4.78, 5) is 19.5. The van der Waals surface area contributed by atoms with E-state index in [-0.39, 0.29) is 5.75 Å². The second-order valence-electron chi connectivity index (χ2n) is 3.81. The van der Waals surface area contributed by atoms with Crippen molar-refractivity contribution in [2.45, 2.75) is 36.4 Å². The first-order chi connectivity index (χ1) is 9.12. The molecule has 0 saturated carbocycles. The molecule has 1 amide bonds. The number of aryl methyl sites for hydroxylation is 1. The summed E-state index contributed by atoms with van der Waals surface area (Å²) in [5, 5.41) is 10.4. The monoisotopic (exact) mass is 296 g/mol. The number of rotatable bonds is 7. The molecule has 0 atom stereocenters. The molecule has 0 aliphatic heterocycles. The van der Waals surface area contributed by atoms with Gasteiger partial charge >= 0.3 is 0 Å². The third kappa shape index (κ3) is 4.73. The molecule has 0 aliphatic rings. The number of hydrogen-bond donors (Lipinski definition) is 1. The molecule has 5 nitrogen and oxygen atoms in total.